The predicted molar refractivity (Wildman–Crippen MR) is 86.6 cm³/mol. The van der Waals surface area contributed by atoms with E-state index in [-0.39, 0.29) is 5.91 Å². The van der Waals surface area contributed by atoms with Crippen molar-refractivity contribution in [2.45, 2.75) is 39.2 Å². The van der Waals surface area contributed by atoms with Crippen molar-refractivity contribution in [3.05, 3.63) is 24.0 Å². The van der Waals surface area contributed by atoms with E-state index < -0.39 is 5.54 Å². The number of nitrogens with one attached hydrogen (secondary N) is 1. The van der Waals surface area contributed by atoms with Gasteiger partial charge in [0.1, 0.15) is 11.4 Å². The Morgan fingerprint density at radius 3 is 2.78 bits per heavy atom. The SMILES string of the molecule is CCCC(C)(N)C(=O)Nc1ccc(OC)c(-n2nnnc2C)c1. The van der Waals surface area contributed by atoms with Crippen molar-refractivity contribution in [3.63, 3.8) is 0 Å². The second-order valence-electron chi connectivity index (χ2n) is 5.65. The van der Waals surface area contributed by atoms with Crippen LogP contribution in [0.15, 0.2) is 18.2 Å². The van der Waals surface area contributed by atoms with Crippen LogP contribution in [0.2, 0.25) is 0 Å². The van der Waals surface area contributed by atoms with Gasteiger partial charge in [-0.1, -0.05) is 13.3 Å². The lowest BCUT2D eigenvalue weighted by Gasteiger charge is -2.23. The Kier molecular flexibility index (Phi) is 4.95. The second kappa shape index (κ2) is 6.74. The molecule has 1 amide bonds. The van der Waals surface area contributed by atoms with Gasteiger partial charge >= 0.3 is 0 Å². The smallest absolute Gasteiger partial charge is 0.244 e. The molecule has 3 N–H and O–H groups in total. The first-order valence-electron chi connectivity index (χ1n) is 7.42. The zero-order chi connectivity index (χ0) is 17.0. The van der Waals surface area contributed by atoms with Crippen molar-refractivity contribution in [3.8, 4) is 11.4 Å². The van der Waals surface area contributed by atoms with Crippen LogP contribution in [0.1, 0.15) is 32.5 Å². The molecule has 1 unspecified atom stereocenters. The van der Waals surface area contributed by atoms with E-state index in [1.807, 2.05) is 6.92 Å². The Morgan fingerprint density at radius 1 is 1.48 bits per heavy atom. The summed E-state index contributed by atoms with van der Waals surface area (Å²) in [6.45, 7) is 5.50. The van der Waals surface area contributed by atoms with Gasteiger partial charge in [0.15, 0.2) is 5.82 Å². The van der Waals surface area contributed by atoms with Crippen LogP contribution < -0.4 is 15.8 Å². The Bertz CT molecular complexity index is 695. The molecule has 124 valence electrons. The number of anilines is 1. The molecule has 0 aliphatic heterocycles. The highest BCUT2D eigenvalue weighted by atomic mass is 16.5. The number of aromatic nitrogens is 4. The van der Waals surface area contributed by atoms with Crippen LogP contribution in [-0.4, -0.2) is 38.8 Å². The first-order chi connectivity index (χ1) is 10.9. The number of nitrogens with zero attached hydrogens (tertiary/aromatic N) is 4. The Balaban J connectivity index is 2.32. The summed E-state index contributed by atoms with van der Waals surface area (Å²) in [5.74, 6) is 0.979. The molecule has 8 nitrogen and oxygen atoms in total. The van der Waals surface area contributed by atoms with E-state index in [1.54, 1.807) is 43.8 Å². The fraction of sp³-hybridized carbons (Fsp3) is 0.467. The van der Waals surface area contributed by atoms with Crippen LogP contribution in [0, 0.1) is 6.92 Å². The maximum atomic E-state index is 12.3. The average molecular weight is 318 g/mol. The minimum absolute atomic E-state index is 0.232. The minimum atomic E-state index is -0.917. The molecule has 0 saturated carbocycles. The number of rotatable bonds is 6. The quantitative estimate of drug-likeness (QED) is 0.834. The molecule has 23 heavy (non-hydrogen) atoms. The molecular weight excluding hydrogens is 296 g/mol. The van der Waals surface area contributed by atoms with Crippen molar-refractivity contribution < 1.29 is 9.53 Å². The van der Waals surface area contributed by atoms with Crippen LogP contribution in [0.4, 0.5) is 5.69 Å². The zero-order valence-corrected chi connectivity index (χ0v) is 13.8. The first-order valence-corrected chi connectivity index (χ1v) is 7.42. The Morgan fingerprint density at radius 2 is 2.22 bits per heavy atom. The normalized spacial score (nSPS) is 13.4. The van der Waals surface area contributed by atoms with E-state index in [1.165, 1.54) is 0 Å². The highest BCUT2D eigenvalue weighted by molar-refractivity contribution is 5.97. The molecule has 0 radical (unpaired) electrons. The number of carbonyl (C=O) groups excluding carboxylic acids is 1. The number of aryl methyl sites for hydroxylation is 1. The van der Waals surface area contributed by atoms with Crippen LogP contribution >= 0.6 is 0 Å². The first kappa shape index (κ1) is 16.9. The van der Waals surface area contributed by atoms with Gasteiger partial charge in [-0.25, -0.2) is 0 Å². The number of methoxy groups -OCH3 is 1. The number of benzene rings is 1. The van der Waals surface area contributed by atoms with Crippen LogP contribution in [0.5, 0.6) is 5.75 Å². The number of amides is 1. The Labute approximate surface area is 135 Å². The zero-order valence-electron chi connectivity index (χ0n) is 13.8. The molecule has 1 atom stereocenters. The lowest BCUT2D eigenvalue weighted by Crippen LogP contribution is -2.48. The third-order valence-electron chi connectivity index (χ3n) is 3.58. The van der Waals surface area contributed by atoms with E-state index in [9.17, 15) is 4.79 Å². The van der Waals surface area contributed by atoms with E-state index >= 15 is 0 Å². The summed E-state index contributed by atoms with van der Waals surface area (Å²) in [4.78, 5) is 12.3. The number of ether oxygens (including phenoxy) is 1. The van der Waals surface area contributed by atoms with Gasteiger partial charge in [0, 0.05) is 5.69 Å². The second-order valence-corrected chi connectivity index (χ2v) is 5.65. The molecular formula is C15H22N6O2. The van der Waals surface area contributed by atoms with Gasteiger partial charge in [0.25, 0.3) is 0 Å². The van der Waals surface area contributed by atoms with Gasteiger partial charge in [-0.15, -0.1) is 5.10 Å². The van der Waals surface area contributed by atoms with Crippen molar-refractivity contribution in [2.24, 2.45) is 5.73 Å². The third-order valence-corrected chi connectivity index (χ3v) is 3.58. The van der Waals surface area contributed by atoms with Gasteiger partial charge in [-0.3, -0.25) is 4.79 Å². The van der Waals surface area contributed by atoms with Crippen molar-refractivity contribution in [1.82, 2.24) is 20.2 Å². The van der Waals surface area contributed by atoms with Gasteiger partial charge in [-0.2, -0.15) is 4.68 Å². The highest BCUT2D eigenvalue weighted by Crippen LogP contribution is 2.27. The summed E-state index contributed by atoms with van der Waals surface area (Å²) in [5, 5.41) is 14.3. The molecule has 0 spiro atoms. The van der Waals surface area contributed by atoms with E-state index in [0.29, 0.717) is 29.4 Å². The fourth-order valence-corrected chi connectivity index (χ4v) is 2.29. The molecule has 1 aromatic carbocycles. The minimum Gasteiger partial charge on any atom is -0.494 e. The maximum Gasteiger partial charge on any atom is 0.244 e. The monoisotopic (exact) mass is 318 g/mol. The topological polar surface area (TPSA) is 108 Å². The fourth-order valence-electron chi connectivity index (χ4n) is 2.29. The van der Waals surface area contributed by atoms with Crippen LogP contribution in [0.3, 0.4) is 0 Å². The van der Waals surface area contributed by atoms with Gasteiger partial charge in [0.2, 0.25) is 5.91 Å². The molecule has 1 aromatic heterocycles. The van der Waals surface area contributed by atoms with E-state index in [0.717, 1.165) is 6.42 Å². The summed E-state index contributed by atoms with van der Waals surface area (Å²) in [6.07, 6.45) is 1.44. The largest absolute Gasteiger partial charge is 0.494 e. The van der Waals surface area contributed by atoms with Gasteiger partial charge < -0.3 is 15.8 Å². The molecule has 0 saturated heterocycles. The van der Waals surface area contributed by atoms with Gasteiger partial charge in [-0.05, 0) is 48.9 Å². The number of carbonyl (C=O) groups is 1. The predicted octanol–water partition coefficient (Wildman–Crippen LogP) is 1.44. The van der Waals surface area contributed by atoms with E-state index in [4.69, 9.17) is 10.5 Å². The molecule has 0 bridgehead atoms. The molecule has 2 aromatic rings. The highest BCUT2D eigenvalue weighted by Gasteiger charge is 2.27. The lowest BCUT2D eigenvalue weighted by molar-refractivity contribution is -0.120. The number of tetrazole rings is 1. The molecule has 2 rings (SSSR count). The summed E-state index contributed by atoms with van der Waals surface area (Å²) >= 11 is 0. The molecule has 0 fully saturated rings. The standard InChI is InChI=1S/C15H22N6O2/c1-5-8-15(3,16)14(22)17-11-6-7-13(23-4)12(9-11)21-10(2)18-19-20-21/h6-7,9H,5,8,16H2,1-4H3,(H,17,22). The summed E-state index contributed by atoms with van der Waals surface area (Å²) < 4.78 is 6.88. The molecule has 8 heteroatoms. The molecule has 0 aliphatic carbocycles. The van der Waals surface area contributed by atoms with E-state index in [2.05, 4.69) is 20.8 Å². The number of hydrogen-bond acceptors (Lipinski definition) is 6. The van der Waals surface area contributed by atoms with Gasteiger partial charge in [0.05, 0.1) is 12.6 Å². The average Bonchev–Trinajstić information content (AvgIpc) is 2.93. The third kappa shape index (κ3) is 3.65. The number of nitrogens with two attached hydrogens (primary N) is 1. The lowest BCUT2D eigenvalue weighted by atomic mass is 9.96. The molecule has 1 heterocycles. The number of hydrogen-bond donors (Lipinski definition) is 2. The van der Waals surface area contributed by atoms with Crippen LogP contribution in [-0.2, 0) is 4.79 Å². The van der Waals surface area contributed by atoms with Crippen molar-refractivity contribution in [2.75, 3.05) is 12.4 Å². The molecule has 0 aliphatic rings. The Hall–Kier alpha value is -2.48. The maximum absolute atomic E-state index is 12.3. The summed E-state index contributed by atoms with van der Waals surface area (Å²) in [7, 11) is 1.56. The summed E-state index contributed by atoms with van der Waals surface area (Å²) in [6, 6.07) is 5.25. The van der Waals surface area contributed by atoms with Crippen molar-refractivity contribution >= 4 is 11.6 Å². The van der Waals surface area contributed by atoms with Crippen LogP contribution in [0.25, 0.3) is 5.69 Å². The van der Waals surface area contributed by atoms with Crippen molar-refractivity contribution in [1.29, 1.82) is 0 Å². The summed E-state index contributed by atoms with van der Waals surface area (Å²) in [5.41, 5.74) is 6.39.